The molecule has 5 nitrogen and oxygen atoms in total. The van der Waals surface area contributed by atoms with Crippen LogP contribution < -0.4 is 0 Å². The molecule has 116 valence electrons. The normalized spacial score (nSPS) is 13.5. The lowest BCUT2D eigenvalue weighted by Crippen LogP contribution is -2.22. The zero-order valence-electron chi connectivity index (χ0n) is 13.0. The molecule has 2 aromatic rings. The van der Waals surface area contributed by atoms with Crippen molar-refractivity contribution in [3.8, 4) is 0 Å². The number of aromatic nitrogens is 3. The fraction of sp³-hybridized carbons (Fsp3) is 0.600. The van der Waals surface area contributed by atoms with Gasteiger partial charge in [-0.25, -0.2) is 9.67 Å². The summed E-state index contributed by atoms with van der Waals surface area (Å²) in [7, 11) is 2.01. The molecule has 2 rings (SSSR count). The molecule has 1 N–H and O–H groups in total. The van der Waals surface area contributed by atoms with Crippen molar-refractivity contribution in [3.05, 3.63) is 23.0 Å². The maximum absolute atomic E-state index is 9.34. The Bertz CT molecular complexity index is 609. The molecule has 0 radical (unpaired) electrons. The minimum atomic E-state index is -0.284. The van der Waals surface area contributed by atoms with E-state index >= 15 is 0 Å². The molecular weight excluding hydrogens is 288 g/mol. The van der Waals surface area contributed by atoms with Gasteiger partial charge in [0.25, 0.3) is 0 Å². The summed E-state index contributed by atoms with van der Waals surface area (Å²) >= 11 is 6.32. The van der Waals surface area contributed by atoms with E-state index in [4.69, 9.17) is 11.6 Å². The Kier molecular flexibility index (Phi) is 5.19. The summed E-state index contributed by atoms with van der Waals surface area (Å²) in [6, 6.07) is 2.31. The van der Waals surface area contributed by atoms with Crippen LogP contribution in [-0.4, -0.2) is 44.5 Å². The second-order valence-electron chi connectivity index (χ2n) is 5.91. The summed E-state index contributed by atoms with van der Waals surface area (Å²) < 4.78 is 1.88. The van der Waals surface area contributed by atoms with Crippen LogP contribution in [0.1, 0.15) is 38.8 Å². The van der Waals surface area contributed by atoms with Gasteiger partial charge in [-0.3, -0.25) is 0 Å². The lowest BCUT2D eigenvalue weighted by atomic mass is 10.2. The molecule has 1 atom stereocenters. The number of hydrogen-bond donors (Lipinski definition) is 1. The molecule has 0 bridgehead atoms. The van der Waals surface area contributed by atoms with Gasteiger partial charge in [-0.05, 0) is 40.3 Å². The highest BCUT2D eigenvalue weighted by atomic mass is 35.5. The molecule has 0 fully saturated rings. The Hall–Kier alpha value is -1.17. The summed E-state index contributed by atoms with van der Waals surface area (Å²) in [4.78, 5) is 6.63. The van der Waals surface area contributed by atoms with Crippen LogP contribution in [0.2, 0.25) is 5.15 Å². The first kappa shape index (κ1) is 16.2. The van der Waals surface area contributed by atoms with Crippen LogP contribution in [0.5, 0.6) is 0 Å². The van der Waals surface area contributed by atoms with Crippen molar-refractivity contribution in [3.63, 3.8) is 0 Å². The number of rotatable bonds is 6. The molecule has 0 saturated carbocycles. The number of pyridine rings is 1. The Labute approximate surface area is 130 Å². The first-order valence-electron chi connectivity index (χ1n) is 7.27. The lowest BCUT2D eigenvalue weighted by Gasteiger charge is -2.18. The second kappa shape index (κ2) is 6.73. The molecule has 6 heteroatoms. The van der Waals surface area contributed by atoms with Crippen LogP contribution in [0, 0.1) is 0 Å². The van der Waals surface area contributed by atoms with Gasteiger partial charge in [0.05, 0.1) is 12.3 Å². The van der Waals surface area contributed by atoms with Gasteiger partial charge in [0, 0.05) is 30.1 Å². The minimum absolute atomic E-state index is 0.255. The van der Waals surface area contributed by atoms with E-state index in [9.17, 15) is 5.11 Å². The number of aliphatic hydroxyl groups excluding tert-OH is 1. The SMILES string of the molecule is CC(O)CCN(C)Cc1cc2cnn(C(C)C)c2nc1Cl. The van der Waals surface area contributed by atoms with Crippen molar-refractivity contribution in [2.75, 3.05) is 13.6 Å². The highest BCUT2D eigenvalue weighted by Gasteiger charge is 2.13. The van der Waals surface area contributed by atoms with Gasteiger partial charge >= 0.3 is 0 Å². The zero-order chi connectivity index (χ0) is 15.6. The van der Waals surface area contributed by atoms with E-state index in [2.05, 4.69) is 34.9 Å². The van der Waals surface area contributed by atoms with Crippen LogP contribution >= 0.6 is 11.6 Å². The van der Waals surface area contributed by atoms with Crippen molar-refractivity contribution in [1.82, 2.24) is 19.7 Å². The molecule has 21 heavy (non-hydrogen) atoms. The van der Waals surface area contributed by atoms with E-state index in [-0.39, 0.29) is 12.1 Å². The maximum Gasteiger partial charge on any atom is 0.159 e. The van der Waals surface area contributed by atoms with Gasteiger partial charge in [-0.2, -0.15) is 5.10 Å². The molecule has 0 amide bonds. The topological polar surface area (TPSA) is 54.2 Å². The van der Waals surface area contributed by atoms with Crippen LogP contribution in [0.3, 0.4) is 0 Å². The molecule has 2 heterocycles. The van der Waals surface area contributed by atoms with Crippen LogP contribution in [-0.2, 0) is 6.54 Å². The third kappa shape index (κ3) is 3.93. The van der Waals surface area contributed by atoms with Crippen molar-refractivity contribution < 1.29 is 5.11 Å². The maximum atomic E-state index is 9.34. The van der Waals surface area contributed by atoms with Gasteiger partial charge in [0.1, 0.15) is 5.15 Å². The predicted octanol–water partition coefficient (Wildman–Crippen LogP) is 2.87. The number of halogens is 1. The van der Waals surface area contributed by atoms with Crippen molar-refractivity contribution in [1.29, 1.82) is 0 Å². The second-order valence-corrected chi connectivity index (χ2v) is 6.27. The molecule has 0 aromatic carbocycles. The fourth-order valence-corrected chi connectivity index (χ4v) is 2.46. The molecule has 0 aliphatic carbocycles. The summed E-state index contributed by atoms with van der Waals surface area (Å²) in [6.07, 6.45) is 2.29. The van der Waals surface area contributed by atoms with Crippen LogP contribution in [0.15, 0.2) is 12.3 Å². The smallest absolute Gasteiger partial charge is 0.159 e. The van der Waals surface area contributed by atoms with Gasteiger partial charge in [-0.15, -0.1) is 0 Å². The van der Waals surface area contributed by atoms with Crippen LogP contribution in [0.25, 0.3) is 11.0 Å². The quantitative estimate of drug-likeness (QED) is 0.834. The molecule has 0 aliphatic rings. The van der Waals surface area contributed by atoms with E-state index in [1.165, 1.54) is 0 Å². The van der Waals surface area contributed by atoms with Gasteiger partial charge in [0.15, 0.2) is 5.65 Å². The number of hydrogen-bond acceptors (Lipinski definition) is 4. The van der Waals surface area contributed by atoms with E-state index in [0.717, 1.165) is 29.6 Å². The van der Waals surface area contributed by atoms with E-state index < -0.39 is 0 Å². The molecule has 0 saturated heterocycles. The van der Waals surface area contributed by atoms with E-state index in [1.807, 2.05) is 17.9 Å². The van der Waals surface area contributed by atoms with Gasteiger partial charge in [0.2, 0.25) is 0 Å². The number of nitrogens with zero attached hydrogens (tertiary/aromatic N) is 4. The minimum Gasteiger partial charge on any atom is -0.393 e. The number of fused-ring (bicyclic) bond motifs is 1. The predicted molar refractivity (Wildman–Crippen MR) is 85.6 cm³/mol. The average molecular weight is 311 g/mol. The highest BCUT2D eigenvalue weighted by molar-refractivity contribution is 6.30. The zero-order valence-corrected chi connectivity index (χ0v) is 13.8. The standard InChI is InChI=1S/C15H23ClN4O/c1-10(2)20-15-12(8-17-20)7-13(14(16)18-15)9-19(4)6-5-11(3)21/h7-8,10-11,21H,5-6,9H2,1-4H3. The number of aliphatic hydroxyl groups is 1. The first-order valence-corrected chi connectivity index (χ1v) is 7.65. The van der Waals surface area contributed by atoms with Crippen molar-refractivity contribution in [2.45, 2.75) is 45.9 Å². The highest BCUT2D eigenvalue weighted by Crippen LogP contribution is 2.23. The van der Waals surface area contributed by atoms with Crippen LogP contribution in [0.4, 0.5) is 0 Å². The largest absolute Gasteiger partial charge is 0.393 e. The first-order chi connectivity index (χ1) is 9.88. The van der Waals surface area contributed by atoms with Gasteiger partial charge < -0.3 is 10.0 Å². The Morgan fingerprint density at radius 3 is 2.71 bits per heavy atom. The third-order valence-corrected chi connectivity index (χ3v) is 3.78. The molecule has 1 unspecified atom stereocenters. The van der Waals surface area contributed by atoms with Crippen molar-refractivity contribution >= 4 is 22.6 Å². The Balaban J connectivity index is 2.19. The molecular formula is C15H23ClN4O. The van der Waals surface area contributed by atoms with E-state index in [1.54, 1.807) is 6.92 Å². The summed E-state index contributed by atoms with van der Waals surface area (Å²) in [5.41, 5.74) is 1.81. The Morgan fingerprint density at radius 2 is 2.10 bits per heavy atom. The fourth-order valence-electron chi connectivity index (χ4n) is 2.26. The third-order valence-electron chi connectivity index (χ3n) is 3.45. The summed E-state index contributed by atoms with van der Waals surface area (Å²) in [5.74, 6) is 0. The lowest BCUT2D eigenvalue weighted by molar-refractivity contribution is 0.163. The monoisotopic (exact) mass is 310 g/mol. The van der Waals surface area contributed by atoms with E-state index in [0.29, 0.717) is 11.7 Å². The van der Waals surface area contributed by atoms with Crippen molar-refractivity contribution in [2.24, 2.45) is 0 Å². The molecule has 0 spiro atoms. The summed E-state index contributed by atoms with van der Waals surface area (Å²) in [5, 5.41) is 15.2. The molecule has 2 aromatic heterocycles. The molecule has 0 aliphatic heterocycles. The summed E-state index contributed by atoms with van der Waals surface area (Å²) in [6.45, 7) is 7.47. The van der Waals surface area contributed by atoms with Gasteiger partial charge in [-0.1, -0.05) is 11.6 Å². The average Bonchev–Trinajstić information content (AvgIpc) is 2.79. The Morgan fingerprint density at radius 1 is 1.38 bits per heavy atom.